The van der Waals surface area contributed by atoms with Crippen LogP contribution in [-0.2, 0) is 0 Å². The average molecular weight is 217 g/mol. The van der Waals surface area contributed by atoms with Gasteiger partial charge in [0.1, 0.15) is 0 Å². The lowest BCUT2D eigenvalue weighted by atomic mass is 10.0. The fraction of sp³-hybridized carbons (Fsp3) is 0.231. The summed E-state index contributed by atoms with van der Waals surface area (Å²) in [4.78, 5) is 1.35. The summed E-state index contributed by atoms with van der Waals surface area (Å²) in [7, 11) is 0. The number of thiophene rings is 1. The molecule has 0 bridgehead atoms. The molecule has 1 atom stereocenters. The zero-order chi connectivity index (χ0) is 10.8. The number of hydrogen-bond donors (Lipinski definition) is 1. The summed E-state index contributed by atoms with van der Waals surface area (Å²) >= 11 is 1.79. The molecule has 0 aliphatic heterocycles. The monoisotopic (exact) mass is 217 g/mol. The normalized spacial score (nSPS) is 12.7. The van der Waals surface area contributed by atoms with Crippen molar-refractivity contribution in [3.8, 4) is 10.4 Å². The first-order chi connectivity index (χ1) is 7.18. The van der Waals surface area contributed by atoms with Crippen LogP contribution in [0.1, 0.15) is 24.1 Å². The summed E-state index contributed by atoms with van der Waals surface area (Å²) in [5.41, 5.74) is 9.63. The summed E-state index contributed by atoms with van der Waals surface area (Å²) in [5, 5.41) is 2.13. The molecule has 0 saturated heterocycles. The van der Waals surface area contributed by atoms with Crippen LogP contribution >= 0.6 is 11.3 Å². The minimum Gasteiger partial charge on any atom is -0.324 e. The maximum absolute atomic E-state index is 5.81. The summed E-state index contributed by atoms with van der Waals surface area (Å²) in [6.45, 7) is 4.15. The quantitative estimate of drug-likeness (QED) is 0.814. The summed E-state index contributed by atoms with van der Waals surface area (Å²) in [6, 6.07) is 10.8. The van der Waals surface area contributed by atoms with Crippen LogP contribution in [0.3, 0.4) is 0 Å². The topological polar surface area (TPSA) is 26.0 Å². The summed E-state index contributed by atoms with van der Waals surface area (Å²) in [6.07, 6.45) is 0. The highest BCUT2D eigenvalue weighted by atomic mass is 32.1. The summed E-state index contributed by atoms with van der Waals surface area (Å²) in [5.74, 6) is 0. The number of hydrogen-bond acceptors (Lipinski definition) is 2. The molecule has 1 nitrogen and oxygen atoms in total. The van der Waals surface area contributed by atoms with E-state index in [0.29, 0.717) is 0 Å². The molecule has 1 heterocycles. The SMILES string of the molecule is Cc1ccsc1-c1ccc([C@H](C)N)cc1. The van der Waals surface area contributed by atoms with E-state index in [1.807, 2.05) is 6.92 Å². The molecule has 15 heavy (non-hydrogen) atoms. The van der Waals surface area contributed by atoms with E-state index in [1.54, 1.807) is 11.3 Å². The molecular formula is C13H15NS. The third-order valence-electron chi connectivity index (χ3n) is 2.56. The van der Waals surface area contributed by atoms with Gasteiger partial charge >= 0.3 is 0 Å². The standard InChI is InChI=1S/C13H15NS/c1-9-7-8-15-13(9)12-5-3-11(4-6-12)10(2)14/h3-8,10H,14H2,1-2H3/t10-/m0/s1. The molecule has 2 aromatic rings. The van der Waals surface area contributed by atoms with Gasteiger partial charge < -0.3 is 5.73 Å². The van der Waals surface area contributed by atoms with Crippen molar-refractivity contribution >= 4 is 11.3 Å². The van der Waals surface area contributed by atoms with Crippen molar-refractivity contribution in [3.63, 3.8) is 0 Å². The van der Waals surface area contributed by atoms with Crippen LogP contribution < -0.4 is 5.73 Å². The van der Waals surface area contributed by atoms with Crippen LogP contribution in [0.4, 0.5) is 0 Å². The Bertz CT molecular complexity index is 440. The predicted molar refractivity (Wildman–Crippen MR) is 67.1 cm³/mol. The van der Waals surface area contributed by atoms with Gasteiger partial charge in [-0.3, -0.25) is 0 Å². The highest BCUT2D eigenvalue weighted by molar-refractivity contribution is 7.13. The largest absolute Gasteiger partial charge is 0.324 e. The van der Waals surface area contributed by atoms with Crippen molar-refractivity contribution in [3.05, 3.63) is 46.8 Å². The van der Waals surface area contributed by atoms with E-state index in [0.717, 1.165) is 0 Å². The van der Waals surface area contributed by atoms with Crippen molar-refractivity contribution in [2.75, 3.05) is 0 Å². The van der Waals surface area contributed by atoms with Crippen molar-refractivity contribution in [2.45, 2.75) is 19.9 Å². The van der Waals surface area contributed by atoms with Gasteiger partial charge in [0.25, 0.3) is 0 Å². The van der Waals surface area contributed by atoms with Gasteiger partial charge in [-0.05, 0) is 42.0 Å². The fourth-order valence-electron chi connectivity index (χ4n) is 1.61. The van der Waals surface area contributed by atoms with Crippen LogP contribution in [0.2, 0.25) is 0 Å². The van der Waals surface area contributed by atoms with Gasteiger partial charge in [-0.15, -0.1) is 11.3 Å². The fourth-order valence-corrected chi connectivity index (χ4v) is 2.54. The third kappa shape index (κ3) is 2.11. The van der Waals surface area contributed by atoms with Crippen molar-refractivity contribution in [1.82, 2.24) is 0 Å². The molecule has 0 aliphatic rings. The highest BCUT2D eigenvalue weighted by Crippen LogP contribution is 2.29. The van der Waals surface area contributed by atoms with Gasteiger partial charge in [-0.25, -0.2) is 0 Å². The van der Waals surface area contributed by atoms with E-state index >= 15 is 0 Å². The van der Waals surface area contributed by atoms with Crippen LogP contribution in [0, 0.1) is 6.92 Å². The van der Waals surface area contributed by atoms with E-state index in [1.165, 1.54) is 21.6 Å². The molecular weight excluding hydrogens is 202 g/mol. The first-order valence-electron chi connectivity index (χ1n) is 5.08. The molecule has 0 spiro atoms. The Morgan fingerprint density at radius 3 is 2.27 bits per heavy atom. The lowest BCUT2D eigenvalue weighted by molar-refractivity contribution is 0.818. The van der Waals surface area contributed by atoms with Gasteiger partial charge in [-0.1, -0.05) is 24.3 Å². The molecule has 1 aromatic heterocycles. The number of nitrogens with two attached hydrogens (primary N) is 1. The lowest BCUT2D eigenvalue weighted by Crippen LogP contribution is -2.04. The minimum absolute atomic E-state index is 0.114. The van der Waals surface area contributed by atoms with Crippen LogP contribution in [0.15, 0.2) is 35.7 Å². The van der Waals surface area contributed by atoms with Crippen LogP contribution in [0.25, 0.3) is 10.4 Å². The Kier molecular flexibility index (Phi) is 2.89. The maximum atomic E-state index is 5.81. The average Bonchev–Trinajstić information content (AvgIpc) is 2.65. The van der Waals surface area contributed by atoms with Gasteiger partial charge in [0, 0.05) is 10.9 Å². The second-order valence-corrected chi connectivity index (χ2v) is 4.76. The second-order valence-electron chi connectivity index (χ2n) is 3.84. The molecule has 2 rings (SSSR count). The van der Waals surface area contributed by atoms with Crippen molar-refractivity contribution < 1.29 is 0 Å². The Balaban J connectivity index is 2.36. The summed E-state index contributed by atoms with van der Waals surface area (Å²) < 4.78 is 0. The van der Waals surface area contributed by atoms with Crippen molar-refractivity contribution in [2.24, 2.45) is 5.73 Å². The van der Waals surface area contributed by atoms with Gasteiger partial charge in [0.15, 0.2) is 0 Å². The Morgan fingerprint density at radius 1 is 1.13 bits per heavy atom. The van der Waals surface area contributed by atoms with E-state index in [9.17, 15) is 0 Å². The molecule has 78 valence electrons. The van der Waals surface area contributed by atoms with Gasteiger partial charge in [-0.2, -0.15) is 0 Å². The lowest BCUT2D eigenvalue weighted by Gasteiger charge is -2.06. The van der Waals surface area contributed by atoms with Gasteiger partial charge in [0.05, 0.1) is 0 Å². The van der Waals surface area contributed by atoms with E-state index < -0.39 is 0 Å². The smallest absolute Gasteiger partial charge is 0.0371 e. The van der Waals surface area contributed by atoms with Crippen LogP contribution in [-0.4, -0.2) is 0 Å². The molecule has 2 N–H and O–H groups in total. The Morgan fingerprint density at radius 2 is 1.80 bits per heavy atom. The number of benzene rings is 1. The second kappa shape index (κ2) is 4.17. The Hall–Kier alpha value is -1.12. The van der Waals surface area contributed by atoms with Crippen molar-refractivity contribution in [1.29, 1.82) is 0 Å². The van der Waals surface area contributed by atoms with E-state index in [2.05, 4.69) is 42.6 Å². The molecule has 0 unspecified atom stereocenters. The van der Waals surface area contributed by atoms with Crippen LogP contribution in [0.5, 0.6) is 0 Å². The molecule has 0 radical (unpaired) electrons. The number of rotatable bonds is 2. The third-order valence-corrected chi connectivity index (χ3v) is 3.63. The van der Waals surface area contributed by atoms with E-state index in [4.69, 9.17) is 5.73 Å². The molecule has 0 fully saturated rings. The zero-order valence-corrected chi connectivity index (χ0v) is 9.84. The maximum Gasteiger partial charge on any atom is 0.0371 e. The number of aryl methyl sites for hydroxylation is 1. The Labute approximate surface area is 94.6 Å². The molecule has 0 saturated carbocycles. The van der Waals surface area contributed by atoms with E-state index in [-0.39, 0.29) is 6.04 Å². The molecule has 0 amide bonds. The minimum atomic E-state index is 0.114. The van der Waals surface area contributed by atoms with Gasteiger partial charge in [0.2, 0.25) is 0 Å². The molecule has 2 heteroatoms. The first kappa shape index (κ1) is 10.4. The molecule has 1 aromatic carbocycles. The predicted octanol–water partition coefficient (Wildman–Crippen LogP) is 3.74. The first-order valence-corrected chi connectivity index (χ1v) is 5.96. The highest BCUT2D eigenvalue weighted by Gasteiger charge is 2.04. The molecule has 0 aliphatic carbocycles. The zero-order valence-electron chi connectivity index (χ0n) is 9.03.